The van der Waals surface area contributed by atoms with Crippen molar-refractivity contribution in [3.8, 4) is 6.07 Å². The number of halogens is 1. The number of hydrogen-bond acceptors (Lipinski definition) is 3. The van der Waals surface area contributed by atoms with Crippen LogP contribution in [0.1, 0.15) is 24.1 Å². The van der Waals surface area contributed by atoms with Gasteiger partial charge in [0.15, 0.2) is 0 Å². The van der Waals surface area contributed by atoms with Gasteiger partial charge in [0.1, 0.15) is 5.15 Å². The molecule has 1 saturated heterocycles. The summed E-state index contributed by atoms with van der Waals surface area (Å²) in [6.45, 7) is 3.25. The molecular formula is C12H16ClN3O. The zero-order valence-corrected chi connectivity index (χ0v) is 10.9. The number of rotatable bonds is 2. The van der Waals surface area contributed by atoms with Crippen molar-refractivity contribution in [3.63, 3.8) is 0 Å². The molecule has 5 heteroatoms. The van der Waals surface area contributed by atoms with E-state index in [0.717, 1.165) is 24.1 Å². The second-order valence-corrected chi connectivity index (χ2v) is 5.02. The van der Waals surface area contributed by atoms with Crippen molar-refractivity contribution in [3.05, 3.63) is 16.4 Å². The summed E-state index contributed by atoms with van der Waals surface area (Å²) in [5.41, 5.74) is 1.58. The lowest BCUT2D eigenvalue weighted by atomic mass is 9.77. The normalized spacial score (nSPS) is 18.9. The van der Waals surface area contributed by atoms with Crippen LogP contribution in [0.25, 0.3) is 0 Å². The molecule has 0 bridgehead atoms. The maximum atomic E-state index is 9.42. The van der Waals surface area contributed by atoms with Gasteiger partial charge in [0.25, 0.3) is 0 Å². The Balaban J connectivity index is 2.27. The molecule has 0 unspecified atom stereocenters. The third-order valence-electron chi connectivity index (χ3n) is 3.47. The highest BCUT2D eigenvalue weighted by atomic mass is 35.5. The summed E-state index contributed by atoms with van der Waals surface area (Å²) in [6, 6.07) is 2.45. The lowest BCUT2D eigenvalue weighted by Crippen LogP contribution is -2.30. The highest BCUT2D eigenvalue weighted by Crippen LogP contribution is 2.36. The van der Waals surface area contributed by atoms with Crippen LogP contribution in [0, 0.1) is 23.7 Å². The summed E-state index contributed by atoms with van der Waals surface area (Å²) in [6.07, 6.45) is 2.22. The van der Waals surface area contributed by atoms with Crippen LogP contribution in [0.3, 0.4) is 0 Å². The molecule has 0 aliphatic carbocycles. The van der Waals surface area contributed by atoms with E-state index >= 15 is 0 Å². The highest BCUT2D eigenvalue weighted by molar-refractivity contribution is 6.30. The smallest absolute Gasteiger partial charge is 0.130 e. The third kappa shape index (κ3) is 2.31. The van der Waals surface area contributed by atoms with Gasteiger partial charge < -0.3 is 4.74 Å². The van der Waals surface area contributed by atoms with Crippen LogP contribution in [-0.2, 0) is 18.2 Å². The van der Waals surface area contributed by atoms with E-state index < -0.39 is 0 Å². The average molecular weight is 254 g/mol. The van der Waals surface area contributed by atoms with Crippen molar-refractivity contribution in [2.45, 2.75) is 26.2 Å². The Morgan fingerprint density at radius 1 is 1.53 bits per heavy atom. The Kier molecular flexibility index (Phi) is 3.41. The summed E-state index contributed by atoms with van der Waals surface area (Å²) in [4.78, 5) is 0. The van der Waals surface area contributed by atoms with Crippen LogP contribution in [0.15, 0.2) is 0 Å². The highest BCUT2D eigenvalue weighted by Gasteiger charge is 2.34. The second-order valence-electron chi connectivity index (χ2n) is 4.66. The molecule has 1 aliphatic rings. The van der Waals surface area contributed by atoms with E-state index in [1.165, 1.54) is 0 Å². The predicted octanol–water partition coefficient (Wildman–Crippen LogP) is 2.24. The first-order valence-corrected chi connectivity index (χ1v) is 6.13. The predicted molar refractivity (Wildman–Crippen MR) is 64.8 cm³/mol. The van der Waals surface area contributed by atoms with E-state index in [2.05, 4.69) is 11.2 Å². The number of nitrogens with zero attached hydrogens (tertiary/aromatic N) is 3. The van der Waals surface area contributed by atoms with Gasteiger partial charge in [0.05, 0.1) is 17.2 Å². The van der Waals surface area contributed by atoms with Crippen LogP contribution >= 0.6 is 11.6 Å². The summed E-state index contributed by atoms with van der Waals surface area (Å²) in [5.74, 6) is 0. The molecule has 2 heterocycles. The fraction of sp³-hybridized carbons (Fsp3) is 0.667. The SMILES string of the molecule is Cc1nn(C)c(Cl)c1CC1(C#N)CCOCC1. The van der Waals surface area contributed by atoms with Crippen molar-refractivity contribution < 1.29 is 4.74 Å². The Hall–Kier alpha value is -1.05. The topological polar surface area (TPSA) is 50.8 Å². The van der Waals surface area contributed by atoms with Gasteiger partial charge in [-0.3, -0.25) is 4.68 Å². The molecule has 17 heavy (non-hydrogen) atoms. The fourth-order valence-electron chi connectivity index (χ4n) is 2.30. The van der Waals surface area contributed by atoms with Crippen LogP contribution in [0.4, 0.5) is 0 Å². The lowest BCUT2D eigenvalue weighted by molar-refractivity contribution is 0.0406. The lowest BCUT2D eigenvalue weighted by Gasteiger charge is -2.30. The van der Waals surface area contributed by atoms with Crippen molar-refractivity contribution in [1.82, 2.24) is 9.78 Å². The van der Waals surface area contributed by atoms with Crippen LogP contribution in [0.5, 0.6) is 0 Å². The van der Waals surface area contributed by atoms with Crippen LogP contribution in [0.2, 0.25) is 5.15 Å². The van der Waals surface area contributed by atoms with Crippen molar-refractivity contribution in [2.24, 2.45) is 12.5 Å². The average Bonchev–Trinajstić information content (AvgIpc) is 2.57. The first-order valence-electron chi connectivity index (χ1n) is 5.75. The van der Waals surface area contributed by atoms with E-state index in [1.807, 2.05) is 14.0 Å². The Bertz CT molecular complexity index is 455. The number of nitriles is 1. The molecule has 1 aromatic heterocycles. The molecule has 92 valence electrons. The van der Waals surface area contributed by atoms with E-state index in [1.54, 1.807) is 4.68 Å². The molecule has 0 atom stereocenters. The standard InChI is InChI=1S/C12H16ClN3O/c1-9-10(11(13)16(2)15-9)7-12(8-14)3-5-17-6-4-12/h3-7H2,1-2H3. The number of ether oxygens (including phenoxy) is 1. The summed E-state index contributed by atoms with van der Waals surface area (Å²) >= 11 is 6.21. The second kappa shape index (κ2) is 4.67. The van der Waals surface area contributed by atoms with Gasteiger partial charge in [-0.15, -0.1) is 0 Å². The molecule has 0 N–H and O–H groups in total. The minimum atomic E-state index is -0.338. The molecule has 0 radical (unpaired) electrons. The first kappa shape index (κ1) is 12.4. The number of hydrogen-bond donors (Lipinski definition) is 0. The van der Waals surface area contributed by atoms with Gasteiger partial charge in [-0.2, -0.15) is 10.4 Å². The maximum absolute atomic E-state index is 9.42. The molecule has 0 aromatic carbocycles. The van der Waals surface area contributed by atoms with Gasteiger partial charge in [-0.1, -0.05) is 11.6 Å². The molecule has 1 aromatic rings. The fourth-order valence-corrected chi connectivity index (χ4v) is 2.54. The van der Waals surface area contributed by atoms with E-state index in [0.29, 0.717) is 24.8 Å². The molecule has 1 fully saturated rings. The van der Waals surface area contributed by atoms with E-state index in [9.17, 15) is 5.26 Å². The zero-order chi connectivity index (χ0) is 12.5. The quantitative estimate of drug-likeness (QED) is 0.812. The Morgan fingerprint density at radius 2 is 2.18 bits per heavy atom. The van der Waals surface area contributed by atoms with Gasteiger partial charge >= 0.3 is 0 Å². The van der Waals surface area contributed by atoms with Crippen LogP contribution in [-0.4, -0.2) is 23.0 Å². The third-order valence-corrected chi connectivity index (χ3v) is 3.94. The zero-order valence-electron chi connectivity index (χ0n) is 10.2. The summed E-state index contributed by atoms with van der Waals surface area (Å²) < 4.78 is 6.99. The molecular weight excluding hydrogens is 238 g/mol. The van der Waals surface area contributed by atoms with Crippen molar-refractivity contribution in [1.29, 1.82) is 5.26 Å². The summed E-state index contributed by atoms with van der Waals surface area (Å²) in [5, 5.41) is 14.3. The molecule has 1 aliphatic heterocycles. The molecule has 0 spiro atoms. The van der Waals surface area contributed by atoms with Crippen molar-refractivity contribution >= 4 is 11.6 Å². The molecule has 4 nitrogen and oxygen atoms in total. The van der Waals surface area contributed by atoms with Gasteiger partial charge in [0, 0.05) is 25.8 Å². The van der Waals surface area contributed by atoms with Gasteiger partial charge in [-0.25, -0.2) is 0 Å². The summed E-state index contributed by atoms with van der Waals surface area (Å²) in [7, 11) is 1.82. The minimum absolute atomic E-state index is 0.338. The Labute approximate surface area is 106 Å². The molecule has 0 amide bonds. The number of aryl methyl sites for hydroxylation is 2. The minimum Gasteiger partial charge on any atom is -0.381 e. The van der Waals surface area contributed by atoms with Crippen LogP contribution < -0.4 is 0 Å². The monoisotopic (exact) mass is 253 g/mol. The largest absolute Gasteiger partial charge is 0.381 e. The maximum Gasteiger partial charge on any atom is 0.130 e. The van der Waals surface area contributed by atoms with E-state index in [4.69, 9.17) is 16.3 Å². The van der Waals surface area contributed by atoms with Crippen molar-refractivity contribution in [2.75, 3.05) is 13.2 Å². The van der Waals surface area contributed by atoms with Gasteiger partial charge in [-0.05, 0) is 26.2 Å². The molecule has 0 saturated carbocycles. The first-order chi connectivity index (χ1) is 8.08. The number of aromatic nitrogens is 2. The Morgan fingerprint density at radius 3 is 2.65 bits per heavy atom. The van der Waals surface area contributed by atoms with E-state index in [-0.39, 0.29) is 5.41 Å². The molecule has 2 rings (SSSR count). The van der Waals surface area contributed by atoms with Gasteiger partial charge in [0.2, 0.25) is 0 Å².